The summed E-state index contributed by atoms with van der Waals surface area (Å²) in [6.07, 6.45) is 1.61. The van der Waals surface area contributed by atoms with Crippen LogP contribution in [0.25, 0.3) is 11.6 Å². The van der Waals surface area contributed by atoms with Crippen LogP contribution in [0.5, 0.6) is 0 Å². The highest BCUT2D eigenvalue weighted by Gasteiger charge is 2.18. The molecule has 0 spiro atoms. The number of nitrogens with one attached hydrogen (secondary N) is 1. The molecule has 0 aliphatic heterocycles. The lowest BCUT2D eigenvalue weighted by Gasteiger charge is -2.14. The summed E-state index contributed by atoms with van der Waals surface area (Å²) >= 11 is 7.29. The van der Waals surface area contributed by atoms with Gasteiger partial charge in [-0.3, -0.25) is 9.36 Å². The van der Waals surface area contributed by atoms with Crippen molar-refractivity contribution < 1.29 is 9.21 Å². The summed E-state index contributed by atoms with van der Waals surface area (Å²) in [4.78, 5) is 12.5. The minimum absolute atomic E-state index is 0.0822. The highest BCUT2D eigenvalue weighted by atomic mass is 35.5. The average molecular weight is 453 g/mol. The van der Waals surface area contributed by atoms with E-state index in [-0.39, 0.29) is 17.7 Å². The number of furan rings is 1. The summed E-state index contributed by atoms with van der Waals surface area (Å²) in [5.41, 5.74) is 2.10. The first-order chi connectivity index (χ1) is 15.1. The lowest BCUT2D eigenvalue weighted by Crippen LogP contribution is -2.28. The molecular formula is C23H21ClN4O2S. The molecule has 1 unspecified atom stereocenters. The second-order valence-electron chi connectivity index (χ2n) is 6.98. The molecule has 0 radical (unpaired) electrons. The van der Waals surface area contributed by atoms with Crippen LogP contribution in [0.2, 0.25) is 5.02 Å². The van der Waals surface area contributed by atoms with E-state index in [2.05, 4.69) is 15.5 Å². The fraction of sp³-hybridized carbons (Fsp3) is 0.174. The predicted octanol–water partition coefficient (Wildman–Crippen LogP) is 5.21. The molecule has 2 aromatic carbocycles. The Morgan fingerprint density at radius 2 is 1.87 bits per heavy atom. The van der Waals surface area contributed by atoms with E-state index < -0.39 is 0 Å². The minimum atomic E-state index is -0.119. The largest absolute Gasteiger partial charge is 0.461 e. The summed E-state index contributed by atoms with van der Waals surface area (Å²) in [5, 5.41) is 12.9. The second-order valence-corrected chi connectivity index (χ2v) is 8.36. The van der Waals surface area contributed by atoms with Crippen LogP contribution in [0, 0.1) is 0 Å². The van der Waals surface area contributed by atoms with E-state index in [0.717, 1.165) is 11.1 Å². The maximum atomic E-state index is 12.5. The molecule has 0 saturated heterocycles. The number of carbonyl (C=O) groups is 1. The molecule has 0 aliphatic carbocycles. The van der Waals surface area contributed by atoms with Crippen LogP contribution < -0.4 is 5.32 Å². The van der Waals surface area contributed by atoms with Crippen molar-refractivity contribution >= 4 is 29.3 Å². The van der Waals surface area contributed by atoms with Crippen molar-refractivity contribution in [3.63, 3.8) is 0 Å². The van der Waals surface area contributed by atoms with Gasteiger partial charge < -0.3 is 9.73 Å². The molecule has 0 bridgehead atoms. The number of halogens is 1. The third-order valence-electron chi connectivity index (χ3n) is 4.72. The molecule has 1 atom stereocenters. The molecule has 0 saturated carbocycles. The SMILES string of the molecule is CC(NC(=O)CSc1nnc(-c2ccco2)n1Cc1ccccc1)c1ccc(Cl)cc1. The van der Waals surface area contributed by atoms with E-state index in [1.807, 2.05) is 78.2 Å². The number of hydrogen-bond donors (Lipinski definition) is 1. The molecule has 0 aliphatic rings. The molecular weight excluding hydrogens is 432 g/mol. The van der Waals surface area contributed by atoms with E-state index in [9.17, 15) is 4.79 Å². The van der Waals surface area contributed by atoms with Crippen LogP contribution in [0.3, 0.4) is 0 Å². The van der Waals surface area contributed by atoms with Crippen LogP contribution in [-0.4, -0.2) is 26.4 Å². The number of rotatable bonds is 8. The van der Waals surface area contributed by atoms with Gasteiger partial charge in [0.1, 0.15) is 0 Å². The fourth-order valence-corrected chi connectivity index (χ4v) is 4.02. The van der Waals surface area contributed by atoms with Gasteiger partial charge in [0.25, 0.3) is 0 Å². The minimum Gasteiger partial charge on any atom is -0.461 e. The van der Waals surface area contributed by atoms with Crippen molar-refractivity contribution in [3.05, 3.63) is 89.1 Å². The van der Waals surface area contributed by atoms with E-state index >= 15 is 0 Å². The summed E-state index contributed by atoms with van der Waals surface area (Å²) in [6, 6.07) is 21.0. The Balaban J connectivity index is 1.46. The number of thioether (sulfide) groups is 1. The number of benzene rings is 2. The van der Waals surface area contributed by atoms with Crippen molar-refractivity contribution in [1.82, 2.24) is 20.1 Å². The summed E-state index contributed by atoms with van der Waals surface area (Å²) in [5.74, 6) is 1.41. The zero-order chi connectivity index (χ0) is 21.6. The van der Waals surface area contributed by atoms with E-state index in [1.54, 1.807) is 6.26 Å². The second kappa shape index (κ2) is 9.85. The normalized spacial score (nSPS) is 11.9. The van der Waals surface area contributed by atoms with Gasteiger partial charge in [-0.25, -0.2) is 0 Å². The Hall–Kier alpha value is -3.03. The first-order valence-corrected chi connectivity index (χ1v) is 11.1. The topological polar surface area (TPSA) is 73.0 Å². The van der Waals surface area contributed by atoms with Crippen LogP contribution in [0.4, 0.5) is 0 Å². The standard InChI is InChI=1S/C23H21ClN4O2S/c1-16(18-9-11-19(24)12-10-18)25-21(29)15-31-23-27-26-22(20-8-5-13-30-20)28(23)14-17-6-3-2-4-7-17/h2-13,16H,14-15H2,1H3,(H,25,29). The molecule has 2 aromatic heterocycles. The van der Waals surface area contributed by atoms with Crippen LogP contribution in [0.1, 0.15) is 24.1 Å². The summed E-state index contributed by atoms with van der Waals surface area (Å²) in [7, 11) is 0. The first-order valence-electron chi connectivity index (χ1n) is 9.79. The molecule has 31 heavy (non-hydrogen) atoms. The molecule has 8 heteroatoms. The highest BCUT2D eigenvalue weighted by Crippen LogP contribution is 2.26. The van der Waals surface area contributed by atoms with Gasteiger partial charge in [-0.1, -0.05) is 65.8 Å². The van der Waals surface area contributed by atoms with Gasteiger partial charge >= 0.3 is 0 Å². The molecule has 4 aromatic rings. The lowest BCUT2D eigenvalue weighted by atomic mass is 10.1. The van der Waals surface area contributed by atoms with Gasteiger partial charge in [-0.05, 0) is 42.3 Å². The molecule has 4 rings (SSSR count). The van der Waals surface area contributed by atoms with Crippen molar-refractivity contribution in [2.24, 2.45) is 0 Å². The lowest BCUT2D eigenvalue weighted by molar-refractivity contribution is -0.119. The number of aromatic nitrogens is 3. The van der Waals surface area contributed by atoms with E-state index in [1.165, 1.54) is 11.8 Å². The number of nitrogens with zero attached hydrogens (tertiary/aromatic N) is 3. The van der Waals surface area contributed by atoms with Crippen LogP contribution >= 0.6 is 23.4 Å². The number of amides is 1. The third kappa shape index (κ3) is 5.37. The van der Waals surface area contributed by atoms with Crippen molar-refractivity contribution in [2.45, 2.75) is 24.7 Å². The van der Waals surface area contributed by atoms with Gasteiger partial charge in [0, 0.05) is 5.02 Å². The van der Waals surface area contributed by atoms with Gasteiger partial charge in [0.15, 0.2) is 10.9 Å². The predicted molar refractivity (Wildman–Crippen MR) is 122 cm³/mol. The van der Waals surface area contributed by atoms with Gasteiger partial charge in [0.05, 0.1) is 24.6 Å². The van der Waals surface area contributed by atoms with Crippen LogP contribution in [0.15, 0.2) is 82.6 Å². The van der Waals surface area contributed by atoms with Crippen molar-refractivity contribution in [2.75, 3.05) is 5.75 Å². The van der Waals surface area contributed by atoms with Gasteiger partial charge in [-0.2, -0.15) is 0 Å². The molecule has 1 N–H and O–H groups in total. The Morgan fingerprint density at radius 1 is 1.10 bits per heavy atom. The Morgan fingerprint density at radius 3 is 2.58 bits per heavy atom. The number of hydrogen-bond acceptors (Lipinski definition) is 5. The van der Waals surface area contributed by atoms with Gasteiger partial charge in [-0.15, -0.1) is 10.2 Å². The molecule has 6 nitrogen and oxygen atoms in total. The first kappa shape index (κ1) is 21.2. The maximum absolute atomic E-state index is 12.5. The molecule has 1 amide bonds. The van der Waals surface area contributed by atoms with E-state index in [0.29, 0.717) is 28.3 Å². The zero-order valence-electron chi connectivity index (χ0n) is 16.9. The Kier molecular flexibility index (Phi) is 6.74. The molecule has 158 valence electrons. The number of carbonyl (C=O) groups excluding carboxylic acids is 1. The molecule has 0 fully saturated rings. The maximum Gasteiger partial charge on any atom is 0.230 e. The summed E-state index contributed by atoms with van der Waals surface area (Å²) in [6.45, 7) is 2.52. The Labute approximate surface area is 189 Å². The van der Waals surface area contributed by atoms with Crippen LogP contribution in [-0.2, 0) is 11.3 Å². The van der Waals surface area contributed by atoms with Gasteiger partial charge in [0.2, 0.25) is 11.7 Å². The fourth-order valence-electron chi connectivity index (χ4n) is 3.14. The monoisotopic (exact) mass is 452 g/mol. The van der Waals surface area contributed by atoms with Crippen molar-refractivity contribution in [3.8, 4) is 11.6 Å². The molecule has 2 heterocycles. The highest BCUT2D eigenvalue weighted by molar-refractivity contribution is 7.99. The van der Waals surface area contributed by atoms with E-state index in [4.69, 9.17) is 16.0 Å². The average Bonchev–Trinajstić information content (AvgIpc) is 3.43. The van der Waals surface area contributed by atoms with Crippen molar-refractivity contribution in [1.29, 1.82) is 0 Å². The Bertz CT molecular complexity index is 1130. The summed E-state index contributed by atoms with van der Waals surface area (Å²) < 4.78 is 7.49. The zero-order valence-corrected chi connectivity index (χ0v) is 18.4. The smallest absolute Gasteiger partial charge is 0.230 e. The third-order valence-corrected chi connectivity index (χ3v) is 5.94. The quantitative estimate of drug-likeness (QED) is 0.371.